The zero-order chi connectivity index (χ0) is 26.0. The highest BCUT2D eigenvalue weighted by molar-refractivity contribution is 7.99. The van der Waals surface area contributed by atoms with Crippen molar-refractivity contribution in [2.24, 2.45) is 11.8 Å². The Morgan fingerprint density at radius 1 is 1.16 bits per heavy atom. The fourth-order valence-electron chi connectivity index (χ4n) is 5.28. The molecule has 9 heteroatoms. The Morgan fingerprint density at radius 3 is 2.78 bits per heavy atom. The average molecular weight is 525 g/mol. The first kappa shape index (κ1) is 27.3. The lowest BCUT2D eigenvalue weighted by atomic mass is 9.79. The van der Waals surface area contributed by atoms with Crippen molar-refractivity contribution in [3.05, 3.63) is 54.5 Å². The molecule has 2 N–H and O–H groups in total. The minimum Gasteiger partial charge on any atom is -0.497 e. The lowest BCUT2D eigenvalue weighted by molar-refractivity contribution is -0.137. The molecule has 0 unspecified atom stereocenters. The van der Waals surface area contributed by atoms with Gasteiger partial charge in [-0.3, -0.25) is 9.78 Å². The first-order valence-electron chi connectivity index (χ1n) is 13.0. The molecule has 8 nitrogen and oxygen atoms in total. The number of methoxy groups -OCH3 is 1. The third-order valence-electron chi connectivity index (χ3n) is 7.25. The number of hydrogen-bond donors (Lipinski definition) is 2. The summed E-state index contributed by atoms with van der Waals surface area (Å²) in [5.41, 5.74) is 1.70. The fourth-order valence-corrected chi connectivity index (χ4v) is 6.01. The molecule has 4 rings (SSSR count). The minimum absolute atomic E-state index is 0.188. The number of likely N-dealkylation sites (tertiary alicyclic amines) is 1. The van der Waals surface area contributed by atoms with Gasteiger partial charge in [-0.1, -0.05) is 11.8 Å². The van der Waals surface area contributed by atoms with Crippen LogP contribution in [0.25, 0.3) is 10.9 Å². The molecule has 37 heavy (non-hydrogen) atoms. The van der Waals surface area contributed by atoms with Gasteiger partial charge in [-0.2, -0.15) is 0 Å². The van der Waals surface area contributed by atoms with Gasteiger partial charge in [0.1, 0.15) is 5.75 Å². The van der Waals surface area contributed by atoms with Crippen molar-refractivity contribution in [3.63, 3.8) is 0 Å². The predicted molar refractivity (Wildman–Crippen MR) is 145 cm³/mol. The number of aliphatic hydroxyl groups is 1. The SMILES string of the molecule is COc1ccc2nccc([C@H](O)CC[C@@H]3CCN(CCCSc4ncccn4)C[C@H]3CCC(=O)O)c2c1. The highest BCUT2D eigenvalue weighted by Gasteiger charge is 2.30. The largest absolute Gasteiger partial charge is 0.497 e. The number of thioether (sulfide) groups is 1. The zero-order valence-corrected chi connectivity index (χ0v) is 22.1. The van der Waals surface area contributed by atoms with E-state index in [0.717, 1.165) is 72.0 Å². The lowest BCUT2D eigenvalue weighted by Gasteiger charge is -2.39. The highest BCUT2D eigenvalue weighted by atomic mass is 32.2. The van der Waals surface area contributed by atoms with Crippen LogP contribution in [0.4, 0.5) is 0 Å². The summed E-state index contributed by atoms with van der Waals surface area (Å²) in [4.78, 5) is 26.7. The van der Waals surface area contributed by atoms with Gasteiger partial charge in [0.15, 0.2) is 5.16 Å². The molecule has 1 aromatic carbocycles. The van der Waals surface area contributed by atoms with Gasteiger partial charge in [-0.15, -0.1) is 0 Å². The topological polar surface area (TPSA) is 109 Å². The molecule has 1 fully saturated rings. The monoisotopic (exact) mass is 524 g/mol. The number of aliphatic carboxylic acids is 1. The molecule has 198 valence electrons. The molecule has 2 aromatic heterocycles. The number of aromatic nitrogens is 3. The predicted octanol–water partition coefficient (Wildman–Crippen LogP) is 4.83. The summed E-state index contributed by atoms with van der Waals surface area (Å²) in [5.74, 6) is 1.68. The summed E-state index contributed by atoms with van der Waals surface area (Å²) in [6, 6.07) is 9.42. The molecule has 3 atom stereocenters. The van der Waals surface area contributed by atoms with Gasteiger partial charge in [0, 0.05) is 42.7 Å². The molecular formula is C28H36N4O4S. The molecule has 0 saturated carbocycles. The van der Waals surface area contributed by atoms with E-state index in [1.165, 1.54) is 0 Å². The Kier molecular flexibility index (Phi) is 10.1. The molecule has 0 bridgehead atoms. The number of ether oxygens (including phenoxy) is 1. The summed E-state index contributed by atoms with van der Waals surface area (Å²) >= 11 is 1.67. The number of rotatable bonds is 13. The van der Waals surface area contributed by atoms with Gasteiger partial charge in [0.25, 0.3) is 0 Å². The van der Waals surface area contributed by atoms with E-state index < -0.39 is 12.1 Å². The maximum absolute atomic E-state index is 11.3. The molecule has 1 aliphatic rings. The molecule has 0 radical (unpaired) electrons. The van der Waals surface area contributed by atoms with Crippen molar-refractivity contribution < 1.29 is 19.7 Å². The summed E-state index contributed by atoms with van der Waals surface area (Å²) in [5, 5.41) is 22.1. The van der Waals surface area contributed by atoms with E-state index in [-0.39, 0.29) is 6.42 Å². The maximum atomic E-state index is 11.3. The van der Waals surface area contributed by atoms with Crippen LogP contribution >= 0.6 is 11.8 Å². The summed E-state index contributed by atoms with van der Waals surface area (Å²) < 4.78 is 5.37. The zero-order valence-electron chi connectivity index (χ0n) is 21.3. The summed E-state index contributed by atoms with van der Waals surface area (Å²) in [6.45, 7) is 2.91. The average Bonchev–Trinajstić information content (AvgIpc) is 2.93. The molecule has 3 aromatic rings. The fraction of sp³-hybridized carbons (Fsp3) is 0.500. The third-order valence-corrected chi connectivity index (χ3v) is 8.21. The Bertz CT molecular complexity index is 1150. The number of aliphatic hydroxyl groups excluding tert-OH is 1. The molecule has 1 saturated heterocycles. The normalized spacial score (nSPS) is 19.1. The molecule has 0 spiro atoms. The standard InChI is InChI=1S/C28H36N4O4S/c1-36-22-6-7-25-24(18-22)23(10-14-29-25)26(33)8-4-20-11-16-32(19-21(20)5-9-27(34)35)15-3-17-37-28-30-12-2-13-31-28/h2,6-7,10,12-14,18,20-21,26,33H,3-5,8-9,11,15-17,19H2,1H3,(H,34,35)/t20-,21-,26-/m1/s1. The number of benzene rings is 1. The first-order chi connectivity index (χ1) is 18.0. The van der Waals surface area contributed by atoms with E-state index in [1.807, 2.05) is 30.3 Å². The molecular weight excluding hydrogens is 488 g/mol. The van der Waals surface area contributed by atoms with Gasteiger partial charge < -0.3 is 19.8 Å². The number of pyridine rings is 1. The third kappa shape index (κ3) is 7.87. The van der Waals surface area contributed by atoms with Gasteiger partial charge in [0.2, 0.25) is 0 Å². The van der Waals surface area contributed by atoms with Crippen molar-refractivity contribution in [2.45, 2.75) is 49.8 Å². The van der Waals surface area contributed by atoms with Gasteiger partial charge >= 0.3 is 5.97 Å². The number of carboxylic acid groups (broad SMARTS) is 1. The Labute approximate surface area is 222 Å². The van der Waals surface area contributed by atoms with E-state index >= 15 is 0 Å². The molecule has 0 aliphatic carbocycles. The van der Waals surface area contributed by atoms with Crippen LogP contribution in [-0.4, -0.2) is 68.5 Å². The van der Waals surface area contributed by atoms with E-state index in [2.05, 4.69) is 19.9 Å². The lowest BCUT2D eigenvalue weighted by Crippen LogP contribution is -2.41. The second-order valence-corrected chi connectivity index (χ2v) is 10.7. The van der Waals surface area contributed by atoms with Gasteiger partial charge in [-0.05, 0) is 92.9 Å². The van der Waals surface area contributed by atoms with Crippen LogP contribution in [0, 0.1) is 11.8 Å². The number of nitrogens with zero attached hydrogens (tertiary/aromatic N) is 4. The van der Waals surface area contributed by atoms with Gasteiger partial charge in [-0.25, -0.2) is 9.97 Å². The molecule has 1 aliphatic heterocycles. The van der Waals surface area contributed by atoms with Crippen LogP contribution in [0.2, 0.25) is 0 Å². The number of carbonyl (C=O) groups is 1. The second-order valence-electron chi connectivity index (χ2n) is 9.65. The van der Waals surface area contributed by atoms with Crippen molar-refractivity contribution >= 4 is 28.6 Å². The summed E-state index contributed by atoms with van der Waals surface area (Å²) in [6.07, 6.45) is 9.09. The number of fused-ring (bicyclic) bond motifs is 1. The van der Waals surface area contributed by atoms with Crippen LogP contribution < -0.4 is 4.74 Å². The van der Waals surface area contributed by atoms with Crippen LogP contribution in [0.5, 0.6) is 5.75 Å². The second kappa shape index (κ2) is 13.7. The molecule has 3 heterocycles. The van der Waals surface area contributed by atoms with E-state index in [9.17, 15) is 15.0 Å². The maximum Gasteiger partial charge on any atom is 0.303 e. The van der Waals surface area contributed by atoms with E-state index in [4.69, 9.17) is 4.74 Å². The van der Waals surface area contributed by atoms with Crippen LogP contribution in [-0.2, 0) is 4.79 Å². The van der Waals surface area contributed by atoms with Crippen LogP contribution in [0.15, 0.2) is 54.1 Å². The number of piperidine rings is 1. The minimum atomic E-state index is -0.743. The molecule has 0 amide bonds. The number of carboxylic acids is 1. The Balaban J connectivity index is 1.32. The van der Waals surface area contributed by atoms with E-state index in [0.29, 0.717) is 24.7 Å². The smallest absolute Gasteiger partial charge is 0.303 e. The van der Waals surface area contributed by atoms with Crippen molar-refractivity contribution in [1.29, 1.82) is 0 Å². The van der Waals surface area contributed by atoms with Crippen molar-refractivity contribution in [3.8, 4) is 5.75 Å². The van der Waals surface area contributed by atoms with Crippen molar-refractivity contribution in [2.75, 3.05) is 32.5 Å². The van der Waals surface area contributed by atoms with E-state index in [1.54, 1.807) is 37.5 Å². The highest BCUT2D eigenvalue weighted by Crippen LogP contribution is 2.35. The van der Waals surface area contributed by atoms with Crippen LogP contribution in [0.3, 0.4) is 0 Å². The quantitative estimate of drug-likeness (QED) is 0.185. The van der Waals surface area contributed by atoms with Gasteiger partial charge in [0.05, 0.1) is 18.7 Å². The first-order valence-corrected chi connectivity index (χ1v) is 14.0. The Morgan fingerprint density at radius 2 is 2.00 bits per heavy atom. The summed E-state index contributed by atoms with van der Waals surface area (Å²) in [7, 11) is 1.63. The van der Waals surface area contributed by atoms with Crippen LogP contribution in [0.1, 0.15) is 50.2 Å². The Hall–Kier alpha value is -2.75. The number of hydrogen-bond acceptors (Lipinski definition) is 8. The van der Waals surface area contributed by atoms with Crippen molar-refractivity contribution in [1.82, 2.24) is 19.9 Å².